The van der Waals surface area contributed by atoms with Crippen LogP contribution in [0.3, 0.4) is 0 Å². The topological polar surface area (TPSA) is 90.1 Å². The summed E-state index contributed by atoms with van der Waals surface area (Å²) in [5, 5.41) is 18.4. The zero-order chi connectivity index (χ0) is 19.6. The molecule has 0 fully saturated rings. The second-order valence-corrected chi connectivity index (χ2v) is 6.84. The van der Waals surface area contributed by atoms with Crippen molar-refractivity contribution in [3.05, 3.63) is 75.6 Å². The van der Waals surface area contributed by atoms with E-state index >= 15 is 0 Å². The predicted octanol–water partition coefficient (Wildman–Crippen LogP) is 4.37. The lowest BCUT2D eigenvalue weighted by Gasteiger charge is -2.09. The van der Waals surface area contributed by atoms with Gasteiger partial charge in [-0.15, -0.1) is 11.8 Å². The molecule has 0 saturated heterocycles. The van der Waals surface area contributed by atoms with E-state index in [0.717, 1.165) is 17.1 Å². The lowest BCUT2D eigenvalue weighted by Crippen LogP contribution is -2.12. The molecule has 0 spiro atoms. The second kappa shape index (κ2) is 7.63. The quantitative estimate of drug-likeness (QED) is 0.402. The van der Waals surface area contributed by atoms with E-state index in [0.29, 0.717) is 10.6 Å². The number of thioether (sulfide) groups is 1. The van der Waals surface area contributed by atoms with Crippen LogP contribution in [0.1, 0.15) is 21.7 Å². The Morgan fingerprint density at radius 1 is 1.19 bits per heavy atom. The Labute approximate surface area is 160 Å². The Bertz CT molecular complexity index is 1030. The van der Waals surface area contributed by atoms with Crippen LogP contribution in [0.15, 0.2) is 53.4 Å². The molecule has 0 aliphatic rings. The lowest BCUT2D eigenvalue weighted by atomic mass is 10.2. The fourth-order valence-electron chi connectivity index (χ4n) is 2.78. The first-order valence-corrected chi connectivity index (χ1v) is 9.39. The van der Waals surface area contributed by atoms with Crippen LogP contribution < -0.4 is 5.32 Å². The normalized spacial score (nSPS) is 10.6. The molecule has 0 aliphatic heterocycles. The number of amides is 1. The fraction of sp³-hybridized carbons (Fsp3) is 0.158. The SMILES string of the molecule is CSc1ccc(C(=O)Nc2cccc(-n3nc(C)cc3C)c2)cc1[N+](=O)[O-]. The van der Waals surface area contributed by atoms with Crippen LogP contribution in [-0.2, 0) is 0 Å². The van der Waals surface area contributed by atoms with E-state index in [9.17, 15) is 14.9 Å². The molecule has 0 atom stereocenters. The van der Waals surface area contributed by atoms with Crippen molar-refractivity contribution < 1.29 is 9.72 Å². The average molecular weight is 382 g/mol. The van der Waals surface area contributed by atoms with Gasteiger partial charge >= 0.3 is 0 Å². The van der Waals surface area contributed by atoms with E-state index in [4.69, 9.17) is 0 Å². The highest BCUT2D eigenvalue weighted by Gasteiger charge is 2.17. The van der Waals surface area contributed by atoms with Gasteiger partial charge in [-0.25, -0.2) is 4.68 Å². The number of hydrogen-bond acceptors (Lipinski definition) is 5. The number of hydrogen-bond donors (Lipinski definition) is 1. The molecule has 1 aromatic heterocycles. The van der Waals surface area contributed by atoms with Gasteiger partial charge in [0.1, 0.15) is 0 Å². The van der Waals surface area contributed by atoms with Crippen LogP contribution in [0.5, 0.6) is 0 Å². The maximum absolute atomic E-state index is 12.5. The van der Waals surface area contributed by atoms with Crippen molar-refractivity contribution in [2.75, 3.05) is 11.6 Å². The Morgan fingerprint density at radius 2 is 1.96 bits per heavy atom. The summed E-state index contributed by atoms with van der Waals surface area (Å²) >= 11 is 1.27. The molecule has 0 bridgehead atoms. The van der Waals surface area contributed by atoms with Crippen LogP contribution in [0.4, 0.5) is 11.4 Å². The van der Waals surface area contributed by atoms with Crippen molar-refractivity contribution in [2.24, 2.45) is 0 Å². The maximum Gasteiger partial charge on any atom is 0.283 e. The van der Waals surface area contributed by atoms with Gasteiger partial charge in [0.2, 0.25) is 0 Å². The summed E-state index contributed by atoms with van der Waals surface area (Å²) in [5.41, 5.74) is 3.45. The van der Waals surface area contributed by atoms with Crippen LogP contribution in [-0.4, -0.2) is 26.9 Å². The number of nitro groups is 1. The van der Waals surface area contributed by atoms with E-state index in [-0.39, 0.29) is 11.3 Å². The molecule has 0 radical (unpaired) electrons. The van der Waals surface area contributed by atoms with Crippen molar-refractivity contribution in [1.29, 1.82) is 0 Å². The van der Waals surface area contributed by atoms with Gasteiger partial charge in [-0.2, -0.15) is 5.10 Å². The smallest absolute Gasteiger partial charge is 0.283 e. The molecule has 0 aliphatic carbocycles. The molecular weight excluding hydrogens is 364 g/mol. The molecule has 27 heavy (non-hydrogen) atoms. The van der Waals surface area contributed by atoms with E-state index in [2.05, 4.69) is 10.4 Å². The van der Waals surface area contributed by atoms with Crippen LogP contribution in [0.25, 0.3) is 5.69 Å². The van der Waals surface area contributed by atoms with Gasteiger partial charge in [-0.1, -0.05) is 6.07 Å². The van der Waals surface area contributed by atoms with Gasteiger partial charge in [-0.05, 0) is 56.5 Å². The number of rotatable bonds is 5. The van der Waals surface area contributed by atoms with Gasteiger partial charge in [-0.3, -0.25) is 14.9 Å². The molecule has 138 valence electrons. The number of nitrogens with one attached hydrogen (secondary N) is 1. The van der Waals surface area contributed by atoms with E-state index in [1.807, 2.05) is 38.1 Å². The molecular formula is C19H18N4O3S. The molecule has 1 N–H and O–H groups in total. The third-order valence-electron chi connectivity index (χ3n) is 4.00. The summed E-state index contributed by atoms with van der Waals surface area (Å²) in [6, 6.07) is 13.7. The van der Waals surface area contributed by atoms with Crippen molar-refractivity contribution in [3.8, 4) is 5.69 Å². The number of carbonyl (C=O) groups excluding carboxylic acids is 1. The number of nitrogens with zero attached hydrogens (tertiary/aromatic N) is 3. The molecule has 3 rings (SSSR count). The van der Waals surface area contributed by atoms with Gasteiger partial charge in [0.25, 0.3) is 11.6 Å². The third kappa shape index (κ3) is 4.01. The van der Waals surface area contributed by atoms with Crippen molar-refractivity contribution >= 4 is 29.0 Å². The number of carbonyl (C=O) groups is 1. The number of benzene rings is 2. The maximum atomic E-state index is 12.5. The monoisotopic (exact) mass is 382 g/mol. The fourth-order valence-corrected chi connectivity index (χ4v) is 3.33. The van der Waals surface area contributed by atoms with Gasteiger partial charge in [0, 0.05) is 23.0 Å². The molecule has 7 nitrogen and oxygen atoms in total. The van der Waals surface area contributed by atoms with Crippen LogP contribution >= 0.6 is 11.8 Å². The lowest BCUT2D eigenvalue weighted by molar-refractivity contribution is -0.387. The zero-order valence-electron chi connectivity index (χ0n) is 15.1. The predicted molar refractivity (Wildman–Crippen MR) is 106 cm³/mol. The minimum absolute atomic E-state index is 0.0773. The highest BCUT2D eigenvalue weighted by molar-refractivity contribution is 7.98. The Hall–Kier alpha value is -3.13. The van der Waals surface area contributed by atoms with Crippen molar-refractivity contribution in [1.82, 2.24) is 9.78 Å². The highest BCUT2D eigenvalue weighted by atomic mass is 32.2. The van der Waals surface area contributed by atoms with E-state index < -0.39 is 10.8 Å². The van der Waals surface area contributed by atoms with Crippen molar-refractivity contribution in [2.45, 2.75) is 18.7 Å². The van der Waals surface area contributed by atoms with Gasteiger partial charge in [0.15, 0.2) is 0 Å². The summed E-state index contributed by atoms with van der Waals surface area (Å²) in [4.78, 5) is 23.8. The Morgan fingerprint density at radius 3 is 2.59 bits per heavy atom. The molecule has 2 aromatic carbocycles. The summed E-state index contributed by atoms with van der Waals surface area (Å²) in [6.45, 7) is 3.87. The molecule has 8 heteroatoms. The molecule has 1 amide bonds. The largest absolute Gasteiger partial charge is 0.322 e. The summed E-state index contributed by atoms with van der Waals surface area (Å²) in [6.07, 6.45) is 1.76. The summed E-state index contributed by atoms with van der Waals surface area (Å²) in [5.74, 6) is -0.406. The zero-order valence-corrected chi connectivity index (χ0v) is 15.9. The van der Waals surface area contributed by atoms with Gasteiger partial charge in [0.05, 0.1) is 21.2 Å². The number of aryl methyl sites for hydroxylation is 2. The molecule has 0 saturated carbocycles. The second-order valence-electron chi connectivity index (χ2n) is 5.99. The Kier molecular flexibility index (Phi) is 5.27. The molecule has 0 unspecified atom stereocenters. The first-order valence-electron chi connectivity index (χ1n) is 8.16. The number of nitro benzene ring substituents is 1. The Balaban J connectivity index is 1.87. The number of aromatic nitrogens is 2. The standard InChI is InChI=1S/C19H18N4O3S/c1-12-9-13(2)22(21-12)16-6-4-5-15(11-16)20-19(24)14-7-8-18(27-3)17(10-14)23(25)26/h4-11H,1-3H3,(H,20,24). The third-order valence-corrected chi connectivity index (χ3v) is 4.78. The average Bonchev–Trinajstić information content (AvgIpc) is 2.99. The number of anilines is 1. The minimum atomic E-state index is -0.480. The van der Waals surface area contributed by atoms with E-state index in [1.165, 1.54) is 17.8 Å². The highest BCUT2D eigenvalue weighted by Crippen LogP contribution is 2.28. The first kappa shape index (κ1) is 18.7. The van der Waals surface area contributed by atoms with E-state index in [1.54, 1.807) is 29.1 Å². The van der Waals surface area contributed by atoms with Crippen molar-refractivity contribution in [3.63, 3.8) is 0 Å². The first-order chi connectivity index (χ1) is 12.9. The summed E-state index contributed by atoms with van der Waals surface area (Å²) in [7, 11) is 0. The molecule has 3 aromatic rings. The molecule has 1 heterocycles. The summed E-state index contributed by atoms with van der Waals surface area (Å²) < 4.78 is 1.79. The van der Waals surface area contributed by atoms with Gasteiger partial charge < -0.3 is 5.32 Å². The minimum Gasteiger partial charge on any atom is -0.322 e. The van der Waals surface area contributed by atoms with Crippen LogP contribution in [0.2, 0.25) is 0 Å². The van der Waals surface area contributed by atoms with Crippen LogP contribution in [0, 0.1) is 24.0 Å².